The Morgan fingerprint density at radius 2 is 1.21 bits per heavy atom. The molecule has 1 saturated carbocycles. The largest absolute Gasteiger partial charge is 0.487 e. The smallest absolute Gasteiger partial charge is 0.412 e. The van der Waals surface area contributed by atoms with Crippen LogP contribution >= 0.6 is 0 Å². The topological polar surface area (TPSA) is 115 Å². The predicted octanol–water partition coefficient (Wildman–Crippen LogP) is 8.59. The highest BCUT2D eigenvalue weighted by Gasteiger charge is 2.47. The van der Waals surface area contributed by atoms with Gasteiger partial charge in [0.2, 0.25) is 0 Å². The van der Waals surface area contributed by atoms with Crippen LogP contribution in [0.1, 0.15) is 62.2 Å². The molecule has 0 aliphatic heterocycles. The molecule has 7 rings (SSSR count). The average Bonchev–Trinajstić information content (AvgIpc) is 4.00. The molecule has 1 aliphatic rings. The zero-order valence-electron chi connectivity index (χ0n) is 29.8. The molecule has 1 atom stereocenters. The Kier molecular flexibility index (Phi) is 12.5. The van der Waals surface area contributed by atoms with Crippen LogP contribution in [0, 0.1) is 17.5 Å². The lowest BCUT2D eigenvalue weighted by Gasteiger charge is -2.22. The summed E-state index contributed by atoms with van der Waals surface area (Å²) in [6, 6.07) is 24.6. The zero-order chi connectivity index (χ0) is 40.4. The highest BCUT2D eigenvalue weighted by Crippen LogP contribution is 2.44. The predicted molar refractivity (Wildman–Crippen MR) is 195 cm³/mol. The molecule has 3 aromatic carbocycles. The number of amides is 2. The second-order valence-corrected chi connectivity index (χ2v) is 12.8. The van der Waals surface area contributed by atoms with E-state index in [1.165, 1.54) is 48.7 Å². The van der Waals surface area contributed by atoms with Crippen molar-refractivity contribution in [3.05, 3.63) is 185 Å². The summed E-state index contributed by atoms with van der Waals surface area (Å²) in [7, 11) is 0. The first-order valence-electron chi connectivity index (χ1n) is 17.4. The lowest BCUT2D eigenvalue weighted by atomic mass is 10.1. The van der Waals surface area contributed by atoms with Crippen LogP contribution in [0.15, 0.2) is 134 Å². The van der Waals surface area contributed by atoms with E-state index < -0.39 is 29.8 Å². The number of carbonyl (C=O) groups is 2. The van der Waals surface area contributed by atoms with E-state index in [4.69, 9.17) is 9.47 Å². The molecular weight excluding hydrogens is 752 g/mol. The highest BCUT2D eigenvalue weighted by atomic mass is 19.4. The van der Waals surface area contributed by atoms with Crippen molar-refractivity contribution in [2.75, 3.05) is 0 Å². The highest BCUT2D eigenvalue weighted by molar-refractivity contribution is 5.95. The van der Waals surface area contributed by atoms with Crippen molar-refractivity contribution >= 4 is 11.8 Å². The summed E-state index contributed by atoms with van der Waals surface area (Å²) < 4.78 is 90.3. The van der Waals surface area contributed by atoms with Gasteiger partial charge in [0.05, 0.1) is 33.7 Å². The number of hydrogen-bond donors (Lipinski definition) is 2. The van der Waals surface area contributed by atoms with E-state index in [2.05, 4.69) is 20.3 Å². The Labute approximate surface area is 322 Å². The van der Waals surface area contributed by atoms with Gasteiger partial charge in [0.15, 0.2) is 6.04 Å². The van der Waals surface area contributed by atoms with Crippen LogP contribution in [0.2, 0.25) is 0 Å². The fourth-order valence-corrected chi connectivity index (χ4v) is 5.45. The molecule has 3 aromatic heterocycles. The van der Waals surface area contributed by atoms with Gasteiger partial charge in [-0.15, -0.1) is 0 Å². The third-order valence-electron chi connectivity index (χ3n) is 8.60. The number of rotatable bonds is 12. The van der Waals surface area contributed by atoms with Gasteiger partial charge in [0.25, 0.3) is 11.8 Å². The number of hydrogen-bond acceptors (Lipinski definition) is 7. The van der Waals surface area contributed by atoms with E-state index in [0.29, 0.717) is 22.7 Å². The van der Waals surface area contributed by atoms with E-state index in [-0.39, 0.29) is 47.4 Å². The van der Waals surface area contributed by atoms with E-state index >= 15 is 0 Å². The molecule has 2 amide bonds. The number of nitrogens with zero attached hydrogens (tertiary/aromatic N) is 3. The summed E-state index contributed by atoms with van der Waals surface area (Å²) in [5.41, 5.74) is 1.64. The first-order valence-corrected chi connectivity index (χ1v) is 17.4. The van der Waals surface area contributed by atoms with Crippen molar-refractivity contribution in [2.24, 2.45) is 0 Å². The molecule has 6 aromatic rings. The zero-order valence-corrected chi connectivity index (χ0v) is 29.8. The van der Waals surface area contributed by atoms with E-state index in [1.807, 2.05) is 23.5 Å². The monoisotopic (exact) mass is 785 g/mol. The number of ether oxygens (including phenoxy) is 2. The molecule has 1 unspecified atom stereocenters. The molecule has 15 heteroatoms. The standard InChI is InChI=1S/C21H15F5N2O2.C21H18FN3O2/c22-15-7-4-13(5-8-15)19(21(24,25)26)28-20(29)14-6-9-17(27-11-14)12-30-18-3-1-2-16(23)10-18;22-16-4-3-5-18(12-16)27-14-17-8-7-15(13-24-17)20(26)25-21(9-10-21)19-6-1-2-11-23-19/h1-11,19H,12H2,(H,28,29);1-8,11-13H,9-10,14H2,(H,25,26). The Bertz CT molecular complexity index is 2270. The molecular formula is C42H33F6N5O4. The average molecular weight is 786 g/mol. The number of pyridine rings is 3. The molecule has 1 fully saturated rings. The number of benzene rings is 3. The quantitative estimate of drug-likeness (QED) is 0.120. The van der Waals surface area contributed by atoms with Crippen molar-refractivity contribution in [3.63, 3.8) is 0 Å². The van der Waals surface area contributed by atoms with E-state index in [1.54, 1.807) is 36.5 Å². The third-order valence-corrected chi connectivity index (χ3v) is 8.60. The van der Waals surface area contributed by atoms with Crippen LogP contribution in [-0.4, -0.2) is 32.9 Å². The van der Waals surface area contributed by atoms with Crippen molar-refractivity contribution in [1.82, 2.24) is 25.6 Å². The van der Waals surface area contributed by atoms with E-state index in [0.717, 1.165) is 49.0 Å². The Morgan fingerprint density at radius 3 is 1.67 bits per heavy atom. The van der Waals surface area contributed by atoms with Gasteiger partial charge in [-0.3, -0.25) is 24.5 Å². The summed E-state index contributed by atoms with van der Waals surface area (Å²) in [4.78, 5) is 37.4. The van der Waals surface area contributed by atoms with Crippen molar-refractivity contribution in [1.29, 1.82) is 0 Å². The normalized spacial score (nSPS) is 13.3. The van der Waals surface area contributed by atoms with Crippen LogP contribution in [0.25, 0.3) is 0 Å². The molecule has 3 heterocycles. The van der Waals surface area contributed by atoms with Gasteiger partial charge in [-0.05, 0) is 91.2 Å². The van der Waals surface area contributed by atoms with Crippen LogP contribution in [0.4, 0.5) is 26.3 Å². The molecule has 0 saturated heterocycles. The summed E-state index contributed by atoms with van der Waals surface area (Å²) >= 11 is 0. The first-order chi connectivity index (χ1) is 27.4. The van der Waals surface area contributed by atoms with Gasteiger partial charge in [-0.2, -0.15) is 13.2 Å². The lowest BCUT2D eigenvalue weighted by molar-refractivity contribution is -0.155. The summed E-state index contributed by atoms with van der Waals surface area (Å²) in [6.45, 7) is 0.176. The molecule has 0 bridgehead atoms. The molecule has 2 N–H and O–H groups in total. The fourth-order valence-electron chi connectivity index (χ4n) is 5.45. The molecule has 0 spiro atoms. The van der Waals surface area contributed by atoms with Gasteiger partial charge >= 0.3 is 6.18 Å². The number of aromatic nitrogens is 3. The van der Waals surface area contributed by atoms with Crippen LogP contribution in [0.5, 0.6) is 11.5 Å². The SMILES string of the molecule is O=C(NC(c1ccc(F)cc1)C(F)(F)F)c1ccc(COc2cccc(F)c2)nc1.O=C(NC1(c2ccccn2)CC1)c1ccc(COc2cccc(F)c2)nc1. The Hall–Kier alpha value is -6.77. The number of nitrogens with one attached hydrogen (secondary N) is 2. The Balaban J connectivity index is 0.000000194. The second-order valence-electron chi connectivity index (χ2n) is 12.8. The number of alkyl halides is 3. The molecule has 57 heavy (non-hydrogen) atoms. The van der Waals surface area contributed by atoms with Crippen LogP contribution < -0.4 is 20.1 Å². The molecule has 9 nitrogen and oxygen atoms in total. The maximum absolute atomic E-state index is 13.4. The second kappa shape index (κ2) is 17.8. The van der Waals surface area contributed by atoms with Crippen LogP contribution in [-0.2, 0) is 18.8 Å². The first kappa shape index (κ1) is 39.9. The third kappa shape index (κ3) is 11.2. The fraction of sp³-hybridized carbons (Fsp3) is 0.167. The number of halogens is 6. The minimum absolute atomic E-state index is 0.0217. The van der Waals surface area contributed by atoms with Crippen molar-refractivity contribution < 1.29 is 45.4 Å². The van der Waals surface area contributed by atoms with Gasteiger partial charge in [0.1, 0.15) is 42.2 Å². The minimum atomic E-state index is -4.78. The van der Waals surface area contributed by atoms with Crippen LogP contribution in [0.3, 0.4) is 0 Å². The van der Waals surface area contributed by atoms with Gasteiger partial charge in [-0.25, -0.2) is 13.2 Å². The lowest BCUT2D eigenvalue weighted by Crippen LogP contribution is -2.38. The summed E-state index contributed by atoms with van der Waals surface area (Å²) in [5.74, 6) is -1.96. The Morgan fingerprint density at radius 1 is 0.649 bits per heavy atom. The van der Waals surface area contributed by atoms with Crippen molar-refractivity contribution in [2.45, 2.75) is 43.8 Å². The van der Waals surface area contributed by atoms with E-state index in [9.17, 15) is 35.9 Å². The summed E-state index contributed by atoms with van der Waals surface area (Å²) in [5, 5.41) is 4.96. The van der Waals surface area contributed by atoms with Crippen molar-refractivity contribution in [3.8, 4) is 11.5 Å². The maximum Gasteiger partial charge on any atom is 0.412 e. The molecule has 1 aliphatic carbocycles. The summed E-state index contributed by atoms with van der Waals surface area (Å²) in [6.07, 6.45) is 1.34. The maximum atomic E-state index is 13.4. The van der Waals surface area contributed by atoms with Gasteiger partial charge in [0, 0.05) is 30.7 Å². The van der Waals surface area contributed by atoms with Gasteiger partial charge < -0.3 is 20.1 Å². The molecule has 0 radical (unpaired) electrons. The molecule has 292 valence electrons. The minimum Gasteiger partial charge on any atom is -0.487 e. The number of carbonyl (C=O) groups excluding carboxylic acids is 2. The van der Waals surface area contributed by atoms with Gasteiger partial charge in [-0.1, -0.05) is 30.3 Å².